The van der Waals surface area contributed by atoms with Gasteiger partial charge in [-0.1, -0.05) is 55.0 Å². The van der Waals surface area contributed by atoms with Gasteiger partial charge in [0.1, 0.15) is 5.75 Å². The molecule has 1 atom stereocenters. The summed E-state index contributed by atoms with van der Waals surface area (Å²) >= 11 is 0. The zero-order valence-corrected chi connectivity index (χ0v) is 20.3. The SMILES string of the molecule is CCC(Oc1ccc(C)cc1)C(=O)Nc1ccccc1C(=O)Nc1ccc(Nc2ccccc2)cc1. The van der Waals surface area contributed by atoms with Gasteiger partial charge >= 0.3 is 0 Å². The Morgan fingerprint density at radius 3 is 2.03 bits per heavy atom. The first-order valence-electron chi connectivity index (χ1n) is 11.9. The van der Waals surface area contributed by atoms with Crippen LogP contribution in [0, 0.1) is 6.92 Å². The first-order valence-corrected chi connectivity index (χ1v) is 11.9. The Balaban J connectivity index is 1.41. The van der Waals surface area contributed by atoms with E-state index >= 15 is 0 Å². The van der Waals surface area contributed by atoms with Gasteiger partial charge in [-0.25, -0.2) is 0 Å². The monoisotopic (exact) mass is 479 g/mol. The number of amides is 2. The van der Waals surface area contributed by atoms with E-state index in [2.05, 4.69) is 16.0 Å². The molecule has 0 aliphatic heterocycles. The molecule has 0 aromatic heterocycles. The highest BCUT2D eigenvalue weighted by Crippen LogP contribution is 2.22. The molecule has 0 fully saturated rings. The summed E-state index contributed by atoms with van der Waals surface area (Å²) in [5.74, 6) is -0.00402. The van der Waals surface area contributed by atoms with Crippen LogP contribution in [0.3, 0.4) is 0 Å². The van der Waals surface area contributed by atoms with E-state index in [9.17, 15) is 9.59 Å². The Morgan fingerprint density at radius 1 is 0.722 bits per heavy atom. The van der Waals surface area contributed by atoms with Crippen molar-refractivity contribution in [2.45, 2.75) is 26.4 Å². The Hall–Kier alpha value is -4.58. The van der Waals surface area contributed by atoms with E-state index in [-0.39, 0.29) is 11.8 Å². The molecule has 6 heteroatoms. The normalized spacial score (nSPS) is 11.3. The highest BCUT2D eigenvalue weighted by atomic mass is 16.5. The van der Waals surface area contributed by atoms with E-state index in [1.165, 1.54) is 0 Å². The zero-order chi connectivity index (χ0) is 25.3. The van der Waals surface area contributed by atoms with E-state index in [0.29, 0.717) is 29.1 Å². The second-order valence-corrected chi connectivity index (χ2v) is 8.39. The maximum Gasteiger partial charge on any atom is 0.265 e. The summed E-state index contributed by atoms with van der Waals surface area (Å²) < 4.78 is 5.88. The molecule has 1 unspecified atom stereocenters. The van der Waals surface area contributed by atoms with Crippen molar-refractivity contribution < 1.29 is 14.3 Å². The molecule has 6 nitrogen and oxygen atoms in total. The molecule has 36 heavy (non-hydrogen) atoms. The van der Waals surface area contributed by atoms with Crippen molar-refractivity contribution in [3.63, 3.8) is 0 Å². The lowest BCUT2D eigenvalue weighted by Gasteiger charge is -2.18. The third-order valence-corrected chi connectivity index (χ3v) is 5.60. The topological polar surface area (TPSA) is 79.5 Å². The molecule has 0 radical (unpaired) electrons. The van der Waals surface area contributed by atoms with Crippen LogP contribution in [-0.4, -0.2) is 17.9 Å². The fraction of sp³-hybridized carbons (Fsp3) is 0.133. The van der Waals surface area contributed by atoms with Crippen LogP contribution >= 0.6 is 0 Å². The molecule has 0 saturated carbocycles. The largest absolute Gasteiger partial charge is 0.481 e. The molecule has 4 rings (SSSR count). The van der Waals surface area contributed by atoms with E-state index in [4.69, 9.17) is 4.74 Å². The predicted molar refractivity (Wildman–Crippen MR) is 145 cm³/mol. The molecule has 0 heterocycles. The van der Waals surface area contributed by atoms with E-state index in [1.807, 2.05) is 92.7 Å². The number of rotatable bonds is 9. The van der Waals surface area contributed by atoms with Crippen molar-refractivity contribution >= 4 is 34.6 Å². The Labute approximate surface area is 211 Å². The average Bonchev–Trinajstić information content (AvgIpc) is 2.90. The van der Waals surface area contributed by atoms with E-state index < -0.39 is 6.10 Å². The number of hydrogen-bond acceptors (Lipinski definition) is 4. The summed E-state index contributed by atoms with van der Waals surface area (Å²) in [6.45, 7) is 3.87. The van der Waals surface area contributed by atoms with Crippen molar-refractivity contribution in [1.29, 1.82) is 0 Å². The predicted octanol–water partition coefficient (Wildman–Crippen LogP) is 6.79. The molecular formula is C30H29N3O3. The van der Waals surface area contributed by atoms with Crippen LogP contribution in [-0.2, 0) is 4.79 Å². The number of benzene rings is 4. The maximum atomic E-state index is 13.0. The first kappa shape index (κ1) is 24.5. The van der Waals surface area contributed by atoms with Gasteiger partial charge in [-0.05, 0) is 74.0 Å². The maximum absolute atomic E-state index is 13.0. The number of aryl methyl sites for hydroxylation is 1. The number of ether oxygens (including phenoxy) is 1. The van der Waals surface area contributed by atoms with Crippen molar-refractivity contribution in [2.75, 3.05) is 16.0 Å². The molecule has 4 aromatic rings. The number of nitrogens with one attached hydrogen (secondary N) is 3. The van der Waals surface area contributed by atoms with Crippen molar-refractivity contribution in [3.05, 3.63) is 114 Å². The summed E-state index contributed by atoms with van der Waals surface area (Å²) in [7, 11) is 0. The molecule has 0 spiro atoms. The molecule has 182 valence electrons. The van der Waals surface area contributed by atoms with Gasteiger partial charge in [-0.3, -0.25) is 9.59 Å². The third kappa shape index (κ3) is 6.51. The highest BCUT2D eigenvalue weighted by Gasteiger charge is 2.21. The summed E-state index contributed by atoms with van der Waals surface area (Å²) in [6.07, 6.45) is -0.203. The van der Waals surface area contributed by atoms with Gasteiger partial charge in [0.25, 0.3) is 11.8 Å². The molecule has 0 aliphatic rings. The summed E-state index contributed by atoms with van der Waals surface area (Å²) in [6, 6.07) is 31.8. The van der Waals surface area contributed by atoms with E-state index in [1.54, 1.807) is 24.3 Å². The van der Waals surface area contributed by atoms with Crippen LogP contribution in [0.2, 0.25) is 0 Å². The Kier molecular flexibility index (Phi) is 7.98. The molecule has 0 saturated heterocycles. The van der Waals surface area contributed by atoms with Gasteiger partial charge in [0.2, 0.25) is 0 Å². The van der Waals surface area contributed by atoms with Crippen LogP contribution in [0.15, 0.2) is 103 Å². The van der Waals surface area contributed by atoms with Gasteiger partial charge in [-0.2, -0.15) is 0 Å². The van der Waals surface area contributed by atoms with Crippen LogP contribution in [0.25, 0.3) is 0 Å². The third-order valence-electron chi connectivity index (χ3n) is 5.60. The standard InChI is InChI=1S/C30H29N3O3/c1-3-28(36-25-19-13-21(2)14-20-25)30(35)33-27-12-8-7-11-26(27)29(34)32-24-17-15-23(16-18-24)31-22-9-5-4-6-10-22/h4-20,28,31H,3H2,1-2H3,(H,32,34)(H,33,35). The van der Waals surface area contributed by atoms with Crippen molar-refractivity contribution in [3.8, 4) is 5.75 Å². The molecule has 3 N–H and O–H groups in total. The van der Waals surface area contributed by atoms with Crippen LogP contribution in [0.4, 0.5) is 22.7 Å². The fourth-order valence-electron chi connectivity index (χ4n) is 3.63. The minimum Gasteiger partial charge on any atom is -0.481 e. The number of para-hydroxylation sites is 2. The molecule has 0 bridgehead atoms. The summed E-state index contributed by atoms with van der Waals surface area (Å²) in [5, 5.41) is 9.07. The zero-order valence-electron chi connectivity index (χ0n) is 20.3. The van der Waals surface area contributed by atoms with E-state index in [0.717, 1.165) is 16.9 Å². The van der Waals surface area contributed by atoms with Crippen molar-refractivity contribution in [2.24, 2.45) is 0 Å². The van der Waals surface area contributed by atoms with Gasteiger partial charge in [0, 0.05) is 17.1 Å². The van der Waals surface area contributed by atoms with Gasteiger partial charge in [0.05, 0.1) is 11.3 Å². The smallest absolute Gasteiger partial charge is 0.265 e. The lowest BCUT2D eigenvalue weighted by atomic mass is 10.1. The average molecular weight is 480 g/mol. The van der Waals surface area contributed by atoms with Gasteiger partial charge in [0.15, 0.2) is 6.10 Å². The van der Waals surface area contributed by atoms with Gasteiger partial charge < -0.3 is 20.7 Å². The second kappa shape index (κ2) is 11.7. The minimum atomic E-state index is -0.687. The summed E-state index contributed by atoms with van der Waals surface area (Å²) in [5.41, 5.74) is 4.44. The summed E-state index contributed by atoms with van der Waals surface area (Å²) in [4.78, 5) is 26.0. The van der Waals surface area contributed by atoms with Crippen LogP contribution in [0.1, 0.15) is 29.3 Å². The Morgan fingerprint density at radius 2 is 1.33 bits per heavy atom. The number of anilines is 4. The van der Waals surface area contributed by atoms with Crippen LogP contribution < -0.4 is 20.7 Å². The Bertz CT molecular complexity index is 1300. The number of carbonyl (C=O) groups is 2. The second-order valence-electron chi connectivity index (χ2n) is 8.39. The van der Waals surface area contributed by atoms with Crippen LogP contribution in [0.5, 0.6) is 5.75 Å². The molecule has 4 aromatic carbocycles. The molecular weight excluding hydrogens is 450 g/mol. The minimum absolute atomic E-state index is 0.310. The highest BCUT2D eigenvalue weighted by molar-refractivity contribution is 6.10. The number of carbonyl (C=O) groups excluding carboxylic acids is 2. The van der Waals surface area contributed by atoms with Gasteiger partial charge in [-0.15, -0.1) is 0 Å². The quantitative estimate of drug-likeness (QED) is 0.247. The fourth-order valence-corrected chi connectivity index (χ4v) is 3.63. The molecule has 0 aliphatic carbocycles. The lowest BCUT2D eigenvalue weighted by Crippen LogP contribution is -2.33. The lowest BCUT2D eigenvalue weighted by molar-refractivity contribution is -0.122. The van der Waals surface area contributed by atoms with Crippen molar-refractivity contribution in [1.82, 2.24) is 0 Å². The number of hydrogen-bond donors (Lipinski definition) is 3. The molecule has 2 amide bonds. The first-order chi connectivity index (χ1) is 17.5.